The third-order valence-electron chi connectivity index (χ3n) is 4.84. The molecule has 3 N–H and O–H groups in total. The highest BCUT2D eigenvalue weighted by atomic mass is 127. The number of guanidine groups is 1. The van der Waals surface area contributed by atoms with Gasteiger partial charge < -0.3 is 11.1 Å². The first-order valence-electron chi connectivity index (χ1n) is 8.95. The molecule has 1 aliphatic heterocycles. The van der Waals surface area contributed by atoms with Gasteiger partial charge in [-0.2, -0.15) is 4.31 Å². The fourth-order valence-electron chi connectivity index (χ4n) is 3.11. The van der Waals surface area contributed by atoms with Gasteiger partial charge in [-0.25, -0.2) is 8.42 Å². The Balaban J connectivity index is 0.00000338. The van der Waals surface area contributed by atoms with Crippen LogP contribution in [-0.4, -0.2) is 44.1 Å². The quantitative estimate of drug-likeness (QED) is 0.361. The first-order valence-corrected chi connectivity index (χ1v) is 10.8. The minimum absolute atomic E-state index is 0. The van der Waals surface area contributed by atoms with Crippen molar-refractivity contribution in [2.45, 2.75) is 51.5 Å². The van der Waals surface area contributed by atoms with Gasteiger partial charge in [0, 0.05) is 18.3 Å². The molecule has 0 amide bonds. The van der Waals surface area contributed by atoms with Crippen molar-refractivity contribution < 1.29 is 8.42 Å². The van der Waals surface area contributed by atoms with Gasteiger partial charge in [-0.3, -0.25) is 4.99 Å². The van der Waals surface area contributed by atoms with Crippen molar-refractivity contribution in [3.63, 3.8) is 0 Å². The molecule has 1 aromatic carbocycles. The minimum Gasteiger partial charge on any atom is -0.370 e. The number of anilines is 1. The number of rotatable bonds is 6. The molecule has 148 valence electrons. The summed E-state index contributed by atoms with van der Waals surface area (Å²) in [7, 11) is -3.19. The van der Waals surface area contributed by atoms with Crippen LogP contribution in [0.4, 0.5) is 5.69 Å². The molecule has 1 aromatic rings. The Bertz CT molecular complexity index is 692. The number of halogens is 1. The van der Waals surface area contributed by atoms with E-state index in [1.807, 2.05) is 12.1 Å². The van der Waals surface area contributed by atoms with Crippen LogP contribution in [0.15, 0.2) is 29.3 Å². The highest BCUT2D eigenvalue weighted by Crippen LogP contribution is 2.21. The number of nitrogens with two attached hydrogens (primary N) is 1. The number of piperidine rings is 1. The van der Waals surface area contributed by atoms with E-state index in [1.54, 1.807) is 4.31 Å². The molecule has 2 rings (SSSR count). The zero-order valence-corrected chi connectivity index (χ0v) is 19.0. The van der Waals surface area contributed by atoms with Gasteiger partial charge in [0.05, 0.1) is 12.8 Å². The van der Waals surface area contributed by atoms with Gasteiger partial charge in [0.15, 0.2) is 5.96 Å². The van der Waals surface area contributed by atoms with Gasteiger partial charge in [-0.15, -0.1) is 24.0 Å². The highest BCUT2D eigenvalue weighted by Gasteiger charge is 2.28. The smallest absolute Gasteiger partial charge is 0.211 e. The van der Waals surface area contributed by atoms with Crippen LogP contribution in [-0.2, 0) is 10.0 Å². The number of nitrogens with one attached hydrogen (secondary N) is 1. The molecule has 0 saturated carbocycles. The fourth-order valence-corrected chi connectivity index (χ4v) is 4.29. The standard InChI is InChI=1S/C18H30N4O2S.HI/c1-4-14(2)15-8-10-16(11-9-15)21-18(19)20-13-17-7-5-6-12-22(17)25(3,23)24;/h8-11,14,17H,4-7,12-13H2,1-3H3,(H3,19,20,21);1H. The summed E-state index contributed by atoms with van der Waals surface area (Å²) < 4.78 is 25.3. The van der Waals surface area contributed by atoms with Crippen LogP contribution in [0.1, 0.15) is 51.0 Å². The van der Waals surface area contributed by atoms with Crippen molar-refractivity contribution >= 4 is 45.6 Å². The summed E-state index contributed by atoms with van der Waals surface area (Å²) in [6.45, 7) is 5.34. The summed E-state index contributed by atoms with van der Waals surface area (Å²) >= 11 is 0. The van der Waals surface area contributed by atoms with Gasteiger partial charge in [0.1, 0.15) is 0 Å². The predicted molar refractivity (Wildman–Crippen MR) is 120 cm³/mol. The Labute approximate surface area is 174 Å². The molecule has 2 atom stereocenters. The first-order chi connectivity index (χ1) is 11.8. The third-order valence-corrected chi connectivity index (χ3v) is 6.17. The molecule has 0 aromatic heterocycles. The lowest BCUT2D eigenvalue weighted by atomic mass is 9.99. The van der Waals surface area contributed by atoms with E-state index in [-0.39, 0.29) is 30.0 Å². The van der Waals surface area contributed by atoms with Crippen LogP contribution in [0.25, 0.3) is 0 Å². The van der Waals surface area contributed by atoms with Crippen molar-refractivity contribution in [2.24, 2.45) is 10.7 Å². The van der Waals surface area contributed by atoms with E-state index in [9.17, 15) is 8.42 Å². The van der Waals surface area contributed by atoms with Crippen LogP contribution < -0.4 is 11.1 Å². The van der Waals surface area contributed by atoms with E-state index in [2.05, 4.69) is 36.3 Å². The van der Waals surface area contributed by atoms with E-state index < -0.39 is 10.0 Å². The Morgan fingerprint density at radius 3 is 2.58 bits per heavy atom. The van der Waals surface area contributed by atoms with Gasteiger partial charge in [-0.1, -0.05) is 32.4 Å². The maximum atomic E-state index is 11.9. The van der Waals surface area contributed by atoms with Crippen molar-refractivity contribution in [1.29, 1.82) is 0 Å². The number of hydrogen-bond donors (Lipinski definition) is 2. The molecule has 0 bridgehead atoms. The van der Waals surface area contributed by atoms with Crippen LogP contribution in [0.3, 0.4) is 0 Å². The average Bonchev–Trinajstić information content (AvgIpc) is 2.59. The van der Waals surface area contributed by atoms with E-state index in [1.165, 1.54) is 11.8 Å². The summed E-state index contributed by atoms with van der Waals surface area (Å²) in [5.41, 5.74) is 8.16. The van der Waals surface area contributed by atoms with Gasteiger partial charge >= 0.3 is 0 Å². The molecular weight excluding hydrogens is 463 g/mol. The predicted octanol–water partition coefficient (Wildman–Crippen LogP) is 3.36. The lowest BCUT2D eigenvalue weighted by molar-refractivity contribution is 0.259. The highest BCUT2D eigenvalue weighted by molar-refractivity contribution is 14.0. The van der Waals surface area contributed by atoms with Gasteiger partial charge in [0.25, 0.3) is 0 Å². The van der Waals surface area contributed by atoms with Crippen LogP contribution in [0.2, 0.25) is 0 Å². The summed E-state index contributed by atoms with van der Waals surface area (Å²) in [6, 6.07) is 8.07. The number of benzene rings is 1. The zero-order valence-electron chi connectivity index (χ0n) is 15.8. The Morgan fingerprint density at radius 1 is 1.35 bits per heavy atom. The van der Waals surface area contributed by atoms with E-state index in [0.717, 1.165) is 31.4 Å². The summed E-state index contributed by atoms with van der Waals surface area (Å²) in [6.07, 6.45) is 5.12. The number of nitrogens with zero attached hydrogens (tertiary/aromatic N) is 2. The fraction of sp³-hybridized carbons (Fsp3) is 0.611. The molecule has 8 heteroatoms. The van der Waals surface area contributed by atoms with Gasteiger partial charge in [0.2, 0.25) is 10.0 Å². The normalized spacial score (nSPS) is 20.3. The maximum Gasteiger partial charge on any atom is 0.211 e. The average molecular weight is 494 g/mol. The topological polar surface area (TPSA) is 87.8 Å². The van der Waals surface area contributed by atoms with E-state index in [4.69, 9.17) is 5.73 Å². The maximum absolute atomic E-state index is 11.9. The second-order valence-electron chi connectivity index (χ2n) is 6.81. The Kier molecular flexibility index (Phi) is 9.32. The van der Waals surface area contributed by atoms with E-state index in [0.29, 0.717) is 25.0 Å². The number of hydrogen-bond acceptors (Lipinski definition) is 3. The molecule has 6 nitrogen and oxygen atoms in total. The summed E-state index contributed by atoms with van der Waals surface area (Å²) in [5.74, 6) is 0.851. The van der Waals surface area contributed by atoms with Gasteiger partial charge in [-0.05, 0) is 42.9 Å². The van der Waals surface area contributed by atoms with Crippen LogP contribution in [0, 0.1) is 0 Å². The molecule has 1 saturated heterocycles. The zero-order chi connectivity index (χ0) is 18.4. The minimum atomic E-state index is -3.19. The van der Waals surface area contributed by atoms with Crippen molar-refractivity contribution in [1.82, 2.24) is 4.31 Å². The van der Waals surface area contributed by atoms with Crippen molar-refractivity contribution in [3.8, 4) is 0 Å². The number of sulfonamides is 1. The molecule has 2 unspecified atom stereocenters. The second-order valence-corrected chi connectivity index (χ2v) is 8.74. The third kappa shape index (κ3) is 6.70. The molecule has 0 spiro atoms. The lowest BCUT2D eigenvalue weighted by Gasteiger charge is -2.32. The molecule has 0 radical (unpaired) electrons. The van der Waals surface area contributed by atoms with Crippen molar-refractivity contribution in [2.75, 3.05) is 24.7 Å². The first kappa shape index (κ1) is 23.2. The summed E-state index contributed by atoms with van der Waals surface area (Å²) in [4.78, 5) is 4.36. The SMILES string of the molecule is CCC(C)c1ccc(NC(N)=NCC2CCCCN2S(C)(=O)=O)cc1.I. The largest absolute Gasteiger partial charge is 0.370 e. The van der Waals surface area contributed by atoms with Crippen molar-refractivity contribution in [3.05, 3.63) is 29.8 Å². The molecule has 1 aliphatic rings. The molecule has 26 heavy (non-hydrogen) atoms. The molecule has 1 fully saturated rings. The monoisotopic (exact) mass is 494 g/mol. The van der Waals surface area contributed by atoms with E-state index >= 15 is 0 Å². The Hall–Kier alpha value is -0.870. The van der Waals surface area contributed by atoms with Crippen LogP contribution in [0.5, 0.6) is 0 Å². The molecule has 1 heterocycles. The molecular formula is C18H31IN4O2S. The number of aliphatic imine (C=N–C) groups is 1. The molecule has 0 aliphatic carbocycles. The lowest BCUT2D eigenvalue weighted by Crippen LogP contribution is -2.45. The van der Waals surface area contributed by atoms with Crippen LogP contribution >= 0.6 is 24.0 Å². The summed E-state index contributed by atoms with van der Waals surface area (Å²) in [5, 5.41) is 3.08. The Morgan fingerprint density at radius 2 is 2.00 bits per heavy atom. The second kappa shape index (κ2) is 10.5.